The molecule has 0 saturated carbocycles. The molecule has 1 aliphatic rings. The van der Waals surface area contributed by atoms with Gasteiger partial charge in [0.2, 0.25) is 0 Å². The van der Waals surface area contributed by atoms with Gasteiger partial charge in [0.1, 0.15) is 5.75 Å². The van der Waals surface area contributed by atoms with Crippen LogP contribution in [0.5, 0.6) is 5.75 Å². The third-order valence-electron chi connectivity index (χ3n) is 3.92. The molecule has 1 N–H and O–H groups in total. The molecule has 0 radical (unpaired) electrons. The normalized spacial score (nSPS) is 17.6. The van der Waals surface area contributed by atoms with Crippen molar-refractivity contribution in [2.24, 2.45) is 5.92 Å². The highest BCUT2D eigenvalue weighted by atomic mass is 16.5. The Morgan fingerprint density at radius 3 is 2.57 bits per heavy atom. The number of likely N-dealkylation sites (N-methyl/N-ethyl adjacent to an activating group) is 1. The van der Waals surface area contributed by atoms with E-state index in [2.05, 4.69) is 17.4 Å². The lowest BCUT2D eigenvalue weighted by atomic mass is 10.0. The second-order valence-corrected chi connectivity index (χ2v) is 5.44. The second-order valence-electron chi connectivity index (χ2n) is 5.44. The predicted molar refractivity (Wildman–Crippen MR) is 83.8 cm³/mol. The van der Waals surface area contributed by atoms with Gasteiger partial charge in [-0.2, -0.15) is 0 Å². The maximum Gasteiger partial charge on any atom is 0.119 e. The third kappa shape index (κ3) is 5.30. The molecule has 0 spiro atoms. The molecule has 0 amide bonds. The van der Waals surface area contributed by atoms with Gasteiger partial charge < -0.3 is 19.5 Å². The lowest BCUT2D eigenvalue weighted by Crippen LogP contribution is -2.25. The van der Waals surface area contributed by atoms with Crippen molar-refractivity contribution >= 4 is 0 Å². The van der Waals surface area contributed by atoms with E-state index in [9.17, 15) is 0 Å². The quantitative estimate of drug-likeness (QED) is 0.800. The van der Waals surface area contributed by atoms with Crippen LogP contribution in [0.4, 0.5) is 0 Å². The van der Waals surface area contributed by atoms with Crippen LogP contribution >= 0.6 is 0 Å². The SMILES string of the molecule is CCOc1ccc(C(COCC2CCOCC2)NC)cc1. The number of ether oxygens (including phenoxy) is 3. The molecule has 1 saturated heterocycles. The number of nitrogens with one attached hydrogen (secondary N) is 1. The first-order chi connectivity index (χ1) is 10.3. The van der Waals surface area contributed by atoms with Gasteiger partial charge in [0, 0.05) is 19.8 Å². The van der Waals surface area contributed by atoms with E-state index >= 15 is 0 Å². The molecule has 4 heteroatoms. The summed E-state index contributed by atoms with van der Waals surface area (Å²) in [6, 6.07) is 8.46. The molecule has 4 nitrogen and oxygen atoms in total. The molecule has 1 heterocycles. The summed E-state index contributed by atoms with van der Waals surface area (Å²) in [5, 5.41) is 3.32. The average Bonchev–Trinajstić information content (AvgIpc) is 2.54. The van der Waals surface area contributed by atoms with Crippen molar-refractivity contribution in [3.63, 3.8) is 0 Å². The second kappa shape index (κ2) is 9.03. The number of hydrogen-bond acceptors (Lipinski definition) is 4. The first kappa shape index (κ1) is 16.3. The standard InChI is InChI=1S/C17H27NO3/c1-3-21-16-6-4-15(5-7-16)17(18-2)13-20-12-14-8-10-19-11-9-14/h4-7,14,17-18H,3,8-13H2,1-2H3. The summed E-state index contributed by atoms with van der Waals surface area (Å²) in [5.74, 6) is 1.57. The Hall–Kier alpha value is -1.10. The van der Waals surface area contributed by atoms with Crippen LogP contribution in [0.2, 0.25) is 0 Å². The highest BCUT2D eigenvalue weighted by Gasteiger charge is 2.15. The summed E-state index contributed by atoms with van der Waals surface area (Å²) in [5.41, 5.74) is 1.23. The van der Waals surface area contributed by atoms with E-state index in [0.29, 0.717) is 19.1 Å². The fourth-order valence-electron chi connectivity index (χ4n) is 2.57. The first-order valence-corrected chi connectivity index (χ1v) is 7.89. The molecule has 0 aliphatic carbocycles. The Morgan fingerprint density at radius 1 is 1.24 bits per heavy atom. The molecule has 21 heavy (non-hydrogen) atoms. The van der Waals surface area contributed by atoms with Gasteiger partial charge in [-0.25, -0.2) is 0 Å². The van der Waals surface area contributed by atoms with Gasteiger partial charge in [-0.3, -0.25) is 0 Å². The largest absolute Gasteiger partial charge is 0.494 e. The maximum absolute atomic E-state index is 5.91. The van der Waals surface area contributed by atoms with Crippen LogP contribution in [0.1, 0.15) is 31.4 Å². The molecule has 1 unspecified atom stereocenters. The number of rotatable bonds is 8. The van der Waals surface area contributed by atoms with Gasteiger partial charge in [-0.05, 0) is 50.4 Å². The fraction of sp³-hybridized carbons (Fsp3) is 0.647. The van der Waals surface area contributed by atoms with Crippen LogP contribution in [-0.4, -0.2) is 40.1 Å². The van der Waals surface area contributed by atoms with Crippen molar-refractivity contribution in [1.29, 1.82) is 0 Å². The zero-order chi connectivity index (χ0) is 14.9. The fourth-order valence-corrected chi connectivity index (χ4v) is 2.57. The Kier molecular flexibility index (Phi) is 7.00. The maximum atomic E-state index is 5.91. The Bertz CT molecular complexity index is 388. The Morgan fingerprint density at radius 2 is 1.95 bits per heavy atom. The predicted octanol–water partition coefficient (Wildman–Crippen LogP) is 2.79. The van der Waals surface area contributed by atoms with E-state index in [1.54, 1.807) is 0 Å². The van der Waals surface area contributed by atoms with Crippen LogP contribution in [0.15, 0.2) is 24.3 Å². The smallest absolute Gasteiger partial charge is 0.119 e. The van der Waals surface area contributed by atoms with Crippen LogP contribution in [-0.2, 0) is 9.47 Å². The summed E-state index contributed by atoms with van der Waals surface area (Å²) in [6.07, 6.45) is 2.24. The molecule has 1 aromatic rings. The van der Waals surface area contributed by atoms with Crippen molar-refractivity contribution in [2.75, 3.05) is 40.1 Å². The van der Waals surface area contributed by atoms with E-state index < -0.39 is 0 Å². The van der Waals surface area contributed by atoms with Crippen LogP contribution in [0.3, 0.4) is 0 Å². The van der Waals surface area contributed by atoms with Crippen molar-refractivity contribution in [3.05, 3.63) is 29.8 Å². The summed E-state index contributed by atoms with van der Waals surface area (Å²) in [7, 11) is 1.97. The molecule has 1 fully saturated rings. The monoisotopic (exact) mass is 293 g/mol. The number of benzene rings is 1. The molecule has 2 rings (SSSR count). The molecule has 1 aromatic carbocycles. The van der Waals surface area contributed by atoms with Crippen molar-refractivity contribution in [1.82, 2.24) is 5.32 Å². The Labute approximate surface area is 127 Å². The highest BCUT2D eigenvalue weighted by Crippen LogP contribution is 2.19. The molecular weight excluding hydrogens is 266 g/mol. The minimum atomic E-state index is 0.223. The summed E-state index contributed by atoms with van der Waals surface area (Å²) >= 11 is 0. The van der Waals surface area contributed by atoms with Crippen molar-refractivity contribution in [2.45, 2.75) is 25.8 Å². The molecule has 0 aromatic heterocycles. The molecule has 0 bridgehead atoms. The van der Waals surface area contributed by atoms with Gasteiger partial charge in [0.15, 0.2) is 0 Å². The molecular formula is C17H27NO3. The van der Waals surface area contributed by atoms with Crippen molar-refractivity contribution < 1.29 is 14.2 Å². The lowest BCUT2D eigenvalue weighted by molar-refractivity contribution is 0.0156. The summed E-state index contributed by atoms with van der Waals surface area (Å²) < 4.78 is 16.7. The van der Waals surface area contributed by atoms with E-state index in [4.69, 9.17) is 14.2 Å². The Balaban J connectivity index is 1.78. The minimum Gasteiger partial charge on any atom is -0.494 e. The van der Waals surface area contributed by atoms with Gasteiger partial charge in [0.05, 0.1) is 19.3 Å². The molecule has 118 valence electrons. The van der Waals surface area contributed by atoms with E-state index in [-0.39, 0.29) is 6.04 Å². The summed E-state index contributed by atoms with van der Waals surface area (Å²) in [6.45, 7) is 5.97. The van der Waals surface area contributed by atoms with E-state index in [1.165, 1.54) is 5.56 Å². The van der Waals surface area contributed by atoms with Crippen LogP contribution in [0, 0.1) is 5.92 Å². The molecule has 1 aliphatic heterocycles. The average molecular weight is 293 g/mol. The lowest BCUT2D eigenvalue weighted by Gasteiger charge is -2.23. The molecule has 1 atom stereocenters. The highest BCUT2D eigenvalue weighted by molar-refractivity contribution is 5.29. The van der Waals surface area contributed by atoms with Gasteiger partial charge in [0.25, 0.3) is 0 Å². The van der Waals surface area contributed by atoms with Gasteiger partial charge in [-0.1, -0.05) is 12.1 Å². The minimum absolute atomic E-state index is 0.223. The van der Waals surface area contributed by atoms with Crippen LogP contribution in [0.25, 0.3) is 0 Å². The van der Waals surface area contributed by atoms with E-state index in [0.717, 1.165) is 38.4 Å². The topological polar surface area (TPSA) is 39.7 Å². The zero-order valence-corrected chi connectivity index (χ0v) is 13.1. The van der Waals surface area contributed by atoms with Gasteiger partial charge in [-0.15, -0.1) is 0 Å². The van der Waals surface area contributed by atoms with E-state index in [1.807, 2.05) is 26.1 Å². The first-order valence-electron chi connectivity index (χ1n) is 7.89. The number of hydrogen-bond donors (Lipinski definition) is 1. The third-order valence-corrected chi connectivity index (χ3v) is 3.92. The van der Waals surface area contributed by atoms with Gasteiger partial charge >= 0.3 is 0 Å². The summed E-state index contributed by atoms with van der Waals surface area (Å²) in [4.78, 5) is 0. The zero-order valence-electron chi connectivity index (χ0n) is 13.1. The van der Waals surface area contributed by atoms with Crippen molar-refractivity contribution in [3.8, 4) is 5.75 Å². The van der Waals surface area contributed by atoms with Crippen LogP contribution < -0.4 is 10.1 Å².